The Labute approximate surface area is 246 Å². The molecule has 2 saturated heterocycles. The second kappa shape index (κ2) is 11.9. The standard InChI is InChI=1S/C35H36N2O5/c1-39-25-13-5-21(6-14-25)31-29-32(22-7-15-26(40-2)16-8-22)37-34(24-11-19-28(42-4)20-12-24)30(35(29)38)33(36-31)23-9-17-27(41-3)18-10-23/h5-20,29-34,36-37H,1-4H3/t29?,30?,31-,32-,33-,34-/m1/s1. The molecule has 0 saturated carbocycles. The number of carbonyl (C=O) groups excluding carboxylic acids is 1. The third-order valence-corrected chi connectivity index (χ3v) is 8.71. The van der Waals surface area contributed by atoms with Crippen LogP contribution in [0.1, 0.15) is 46.4 Å². The van der Waals surface area contributed by atoms with Gasteiger partial charge in [0.1, 0.15) is 28.8 Å². The van der Waals surface area contributed by atoms with Gasteiger partial charge in [-0.05, 0) is 70.8 Å². The second-order valence-corrected chi connectivity index (χ2v) is 10.8. The Kier molecular flexibility index (Phi) is 7.87. The fourth-order valence-corrected chi connectivity index (χ4v) is 6.52. The third-order valence-electron chi connectivity index (χ3n) is 8.71. The van der Waals surface area contributed by atoms with Crippen molar-refractivity contribution in [2.45, 2.75) is 24.2 Å². The number of hydrogen-bond acceptors (Lipinski definition) is 7. The lowest BCUT2D eigenvalue weighted by molar-refractivity contribution is -0.139. The molecule has 2 N–H and O–H groups in total. The van der Waals surface area contributed by atoms with Gasteiger partial charge in [-0.2, -0.15) is 0 Å². The summed E-state index contributed by atoms with van der Waals surface area (Å²) in [4.78, 5) is 14.9. The Morgan fingerprint density at radius 1 is 0.405 bits per heavy atom. The minimum absolute atomic E-state index is 0.232. The highest BCUT2D eigenvalue weighted by molar-refractivity contribution is 5.89. The highest BCUT2D eigenvalue weighted by Crippen LogP contribution is 2.52. The second-order valence-electron chi connectivity index (χ2n) is 10.8. The summed E-state index contributed by atoms with van der Waals surface area (Å²) in [6.45, 7) is 0. The van der Waals surface area contributed by atoms with Crippen LogP contribution in [0.15, 0.2) is 97.1 Å². The molecule has 6 rings (SSSR count). The van der Waals surface area contributed by atoms with E-state index in [0.29, 0.717) is 0 Å². The van der Waals surface area contributed by atoms with E-state index in [-0.39, 0.29) is 41.8 Å². The molecule has 4 atom stereocenters. The van der Waals surface area contributed by atoms with Gasteiger partial charge in [0, 0.05) is 24.2 Å². The summed E-state index contributed by atoms with van der Waals surface area (Å²) in [7, 11) is 6.63. The molecule has 2 fully saturated rings. The van der Waals surface area contributed by atoms with Crippen molar-refractivity contribution in [2.75, 3.05) is 28.4 Å². The topological polar surface area (TPSA) is 78.1 Å². The zero-order valence-corrected chi connectivity index (χ0v) is 24.2. The fraction of sp³-hybridized carbons (Fsp3) is 0.286. The number of methoxy groups -OCH3 is 4. The molecular formula is C35H36N2O5. The molecule has 0 unspecified atom stereocenters. The van der Waals surface area contributed by atoms with Crippen LogP contribution in [0.2, 0.25) is 0 Å². The molecule has 0 radical (unpaired) electrons. The van der Waals surface area contributed by atoms with E-state index in [0.717, 1.165) is 45.3 Å². The van der Waals surface area contributed by atoms with E-state index < -0.39 is 0 Å². The van der Waals surface area contributed by atoms with E-state index in [2.05, 4.69) is 59.2 Å². The van der Waals surface area contributed by atoms with Crippen LogP contribution in [0.4, 0.5) is 0 Å². The van der Waals surface area contributed by atoms with Crippen LogP contribution < -0.4 is 29.6 Å². The number of nitrogens with one attached hydrogen (secondary N) is 2. The lowest BCUT2D eigenvalue weighted by Gasteiger charge is -2.52. The number of benzene rings is 4. The summed E-state index contributed by atoms with van der Waals surface area (Å²) in [6.07, 6.45) is 0. The first-order valence-electron chi connectivity index (χ1n) is 14.2. The van der Waals surface area contributed by atoms with Crippen molar-refractivity contribution in [3.8, 4) is 23.0 Å². The maximum absolute atomic E-state index is 14.9. The molecule has 2 aliphatic heterocycles. The fourth-order valence-electron chi connectivity index (χ4n) is 6.52. The molecule has 7 heteroatoms. The highest BCUT2D eigenvalue weighted by atomic mass is 16.5. The average molecular weight is 565 g/mol. The van der Waals surface area contributed by atoms with Gasteiger partial charge in [0.05, 0.1) is 40.3 Å². The molecule has 4 aromatic rings. The van der Waals surface area contributed by atoms with E-state index in [9.17, 15) is 4.79 Å². The SMILES string of the molecule is COc1ccc([C@H]2N[C@H](c3ccc(OC)cc3)C3C(=O)C2[C@@H](c2ccc(OC)cc2)N[C@@H]3c2ccc(OC)cc2)cc1. The smallest absolute Gasteiger partial charge is 0.146 e. The van der Waals surface area contributed by atoms with Crippen LogP contribution in [-0.4, -0.2) is 34.2 Å². The van der Waals surface area contributed by atoms with Gasteiger partial charge in [0.15, 0.2) is 0 Å². The third kappa shape index (κ3) is 5.10. The minimum Gasteiger partial charge on any atom is -0.497 e. The molecule has 7 nitrogen and oxygen atoms in total. The molecule has 2 heterocycles. The van der Waals surface area contributed by atoms with Crippen molar-refractivity contribution < 1.29 is 23.7 Å². The van der Waals surface area contributed by atoms with Gasteiger partial charge < -0.3 is 29.6 Å². The number of fused-ring (bicyclic) bond motifs is 2. The Morgan fingerprint density at radius 2 is 0.619 bits per heavy atom. The van der Waals surface area contributed by atoms with Crippen LogP contribution in [0.5, 0.6) is 23.0 Å². The molecule has 0 amide bonds. The first kappa shape index (κ1) is 27.8. The van der Waals surface area contributed by atoms with Crippen LogP contribution in [0.25, 0.3) is 0 Å². The molecule has 216 valence electrons. The van der Waals surface area contributed by atoms with Crippen molar-refractivity contribution in [3.63, 3.8) is 0 Å². The summed E-state index contributed by atoms with van der Waals surface area (Å²) in [5.41, 5.74) is 4.15. The van der Waals surface area contributed by atoms with E-state index >= 15 is 0 Å². The molecule has 2 aliphatic rings. The van der Waals surface area contributed by atoms with Crippen LogP contribution in [0.3, 0.4) is 0 Å². The zero-order valence-electron chi connectivity index (χ0n) is 24.2. The van der Waals surface area contributed by atoms with Crippen LogP contribution in [0, 0.1) is 11.8 Å². The van der Waals surface area contributed by atoms with Gasteiger partial charge >= 0.3 is 0 Å². The van der Waals surface area contributed by atoms with E-state index in [1.165, 1.54) is 0 Å². The van der Waals surface area contributed by atoms with Gasteiger partial charge in [0.25, 0.3) is 0 Å². The summed E-state index contributed by atoms with van der Waals surface area (Å²) in [6, 6.07) is 31.1. The summed E-state index contributed by atoms with van der Waals surface area (Å²) in [5.74, 6) is 2.64. The van der Waals surface area contributed by atoms with Crippen molar-refractivity contribution in [1.82, 2.24) is 10.6 Å². The molecule has 4 aromatic carbocycles. The Morgan fingerprint density at radius 3 is 0.810 bits per heavy atom. The molecule has 0 spiro atoms. The van der Waals surface area contributed by atoms with Gasteiger partial charge in [0.2, 0.25) is 0 Å². The van der Waals surface area contributed by atoms with Crippen molar-refractivity contribution in [1.29, 1.82) is 0 Å². The number of ketones is 1. The lowest BCUT2D eigenvalue weighted by atomic mass is 9.64. The normalized spacial score (nSPS) is 25.0. The van der Waals surface area contributed by atoms with E-state index in [4.69, 9.17) is 18.9 Å². The number of piperidine rings is 2. The molecular weight excluding hydrogens is 528 g/mol. The summed E-state index contributed by atoms with van der Waals surface area (Å²) in [5, 5.41) is 7.89. The molecule has 0 aliphatic carbocycles. The number of rotatable bonds is 8. The molecule has 42 heavy (non-hydrogen) atoms. The van der Waals surface area contributed by atoms with Gasteiger partial charge in [-0.25, -0.2) is 0 Å². The quantitative estimate of drug-likeness (QED) is 0.272. The van der Waals surface area contributed by atoms with Crippen LogP contribution in [-0.2, 0) is 4.79 Å². The van der Waals surface area contributed by atoms with Gasteiger partial charge in [-0.1, -0.05) is 48.5 Å². The predicted molar refractivity (Wildman–Crippen MR) is 161 cm³/mol. The van der Waals surface area contributed by atoms with E-state index in [1.807, 2.05) is 48.5 Å². The first-order valence-corrected chi connectivity index (χ1v) is 14.2. The zero-order chi connectivity index (χ0) is 29.2. The van der Waals surface area contributed by atoms with Crippen LogP contribution >= 0.6 is 0 Å². The summed E-state index contributed by atoms with van der Waals surface area (Å²) < 4.78 is 21.7. The van der Waals surface area contributed by atoms with Crippen molar-refractivity contribution in [2.24, 2.45) is 11.8 Å². The number of ether oxygens (including phenoxy) is 4. The molecule has 2 bridgehead atoms. The summed E-state index contributed by atoms with van der Waals surface area (Å²) >= 11 is 0. The van der Waals surface area contributed by atoms with Crippen molar-refractivity contribution in [3.05, 3.63) is 119 Å². The Balaban J connectivity index is 1.49. The minimum atomic E-state index is -0.346. The number of Topliss-reactive ketones (excluding diaryl/α,β-unsaturated/α-hetero) is 1. The first-order chi connectivity index (χ1) is 20.5. The average Bonchev–Trinajstić information content (AvgIpc) is 3.05. The van der Waals surface area contributed by atoms with Gasteiger partial charge in [-0.3, -0.25) is 4.79 Å². The number of hydrogen-bond donors (Lipinski definition) is 2. The maximum atomic E-state index is 14.9. The largest absolute Gasteiger partial charge is 0.497 e. The predicted octanol–water partition coefficient (Wildman–Crippen LogP) is 5.99. The highest BCUT2D eigenvalue weighted by Gasteiger charge is 2.55. The Hall–Kier alpha value is -4.33. The number of carbonyl (C=O) groups is 1. The van der Waals surface area contributed by atoms with Crippen molar-refractivity contribution >= 4 is 5.78 Å². The maximum Gasteiger partial charge on any atom is 0.146 e. The van der Waals surface area contributed by atoms with E-state index in [1.54, 1.807) is 28.4 Å². The van der Waals surface area contributed by atoms with Gasteiger partial charge in [-0.15, -0.1) is 0 Å². The Bertz CT molecular complexity index is 1280. The molecule has 0 aromatic heterocycles. The monoisotopic (exact) mass is 564 g/mol. The lowest BCUT2D eigenvalue weighted by Crippen LogP contribution is -2.60.